The Morgan fingerprint density at radius 2 is 2.00 bits per heavy atom. The molecule has 95 valence electrons. The van der Waals surface area contributed by atoms with E-state index in [1.54, 1.807) is 0 Å². The zero-order valence-corrected chi connectivity index (χ0v) is 12.7. The minimum absolute atomic E-state index is 0.0543. The van der Waals surface area contributed by atoms with Crippen molar-refractivity contribution >= 4 is 9.04 Å². The second-order valence-electron chi connectivity index (χ2n) is 5.66. The van der Waals surface area contributed by atoms with Crippen LogP contribution in [0.1, 0.15) is 37.5 Å². The molecule has 0 aliphatic carbocycles. The van der Waals surface area contributed by atoms with Crippen LogP contribution in [0.3, 0.4) is 0 Å². The van der Waals surface area contributed by atoms with Crippen LogP contribution in [-0.2, 0) is 23.1 Å². The minimum Gasteiger partial charge on any atom is -0.416 e. The average molecular weight is 251 g/mol. The summed E-state index contributed by atoms with van der Waals surface area (Å²) in [7, 11) is -1.02. The molecule has 1 rings (SSSR count). The Hall–Kier alpha value is -0.643. The molecular formula is C14H23O2Si. The summed E-state index contributed by atoms with van der Waals surface area (Å²) in [5.41, 5.74) is 3.22. The lowest BCUT2D eigenvalue weighted by molar-refractivity contribution is 0.270. The van der Waals surface area contributed by atoms with E-state index in [0.29, 0.717) is 6.61 Å². The summed E-state index contributed by atoms with van der Waals surface area (Å²) >= 11 is 0. The number of hydrogen-bond acceptors (Lipinski definition) is 2. The van der Waals surface area contributed by atoms with E-state index in [1.165, 1.54) is 5.56 Å². The van der Waals surface area contributed by atoms with Gasteiger partial charge in [0.25, 0.3) is 0 Å². The fraction of sp³-hybridized carbons (Fsp3) is 0.571. The molecule has 0 atom stereocenters. The first-order valence-electron chi connectivity index (χ1n) is 6.11. The smallest absolute Gasteiger partial charge is 0.171 e. The number of aliphatic hydroxyl groups is 1. The molecule has 0 bridgehead atoms. The SMILES string of the molecule is C[SiH](C)OCc1[c]cc(C(C)(C)C)cc1CO. The minimum atomic E-state index is -1.02. The van der Waals surface area contributed by atoms with Gasteiger partial charge in [-0.05, 0) is 41.3 Å². The van der Waals surface area contributed by atoms with Crippen molar-refractivity contribution in [1.29, 1.82) is 0 Å². The lowest BCUT2D eigenvalue weighted by atomic mass is 9.85. The Balaban J connectivity index is 2.93. The molecule has 17 heavy (non-hydrogen) atoms. The van der Waals surface area contributed by atoms with Crippen molar-refractivity contribution in [2.75, 3.05) is 0 Å². The monoisotopic (exact) mass is 251 g/mol. The highest BCUT2D eigenvalue weighted by Crippen LogP contribution is 2.24. The van der Waals surface area contributed by atoms with Gasteiger partial charge in [-0.15, -0.1) is 0 Å². The Morgan fingerprint density at radius 3 is 2.47 bits per heavy atom. The summed E-state index contributed by atoms with van der Waals surface area (Å²) in [6.07, 6.45) is 0. The van der Waals surface area contributed by atoms with Crippen LogP contribution in [0.15, 0.2) is 12.1 Å². The molecule has 0 unspecified atom stereocenters. The highest BCUT2D eigenvalue weighted by molar-refractivity contribution is 6.48. The maximum atomic E-state index is 9.41. The van der Waals surface area contributed by atoms with E-state index in [9.17, 15) is 5.11 Å². The van der Waals surface area contributed by atoms with E-state index in [-0.39, 0.29) is 12.0 Å². The van der Waals surface area contributed by atoms with Gasteiger partial charge in [0.1, 0.15) is 0 Å². The molecule has 0 fully saturated rings. The Kier molecular flexibility index (Phi) is 4.92. The second-order valence-corrected chi connectivity index (χ2v) is 8.09. The van der Waals surface area contributed by atoms with E-state index < -0.39 is 9.04 Å². The van der Waals surface area contributed by atoms with Crippen LogP contribution in [0.2, 0.25) is 13.1 Å². The second kappa shape index (κ2) is 5.80. The molecule has 1 aromatic rings. The van der Waals surface area contributed by atoms with Crippen molar-refractivity contribution in [3.8, 4) is 0 Å². The molecule has 1 N–H and O–H groups in total. The maximum Gasteiger partial charge on any atom is 0.171 e. The summed E-state index contributed by atoms with van der Waals surface area (Å²) < 4.78 is 5.69. The van der Waals surface area contributed by atoms with Gasteiger partial charge in [0.15, 0.2) is 9.04 Å². The van der Waals surface area contributed by atoms with Gasteiger partial charge in [-0.2, -0.15) is 0 Å². The maximum absolute atomic E-state index is 9.41. The molecule has 0 aliphatic rings. The summed E-state index contributed by atoms with van der Waals surface area (Å²) in [4.78, 5) is 0. The fourth-order valence-corrected chi connectivity index (χ4v) is 2.03. The van der Waals surface area contributed by atoms with Crippen LogP contribution >= 0.6 is 0 Å². The summed E-state index contributed by atoms with van der Waals surface area (Å²) in [5, 5.41) is 9.41. The predicted octanol–water partition coefficient (Wildman–Crippen LogP) is 2.78. The third-order valence-electron chi connectivity index (χ3n) is 2.72. The van der Waals surface area contributed by atoms with Crippen molar-refractivity contribution in [1.82, 2.24) is 0 Å². The Labute approximate surface area is 106 Å². The largest absolute Gasteiger partial charge is 0.416 e. The van der Waals surface area contributed by atoms with Crippen LogP contribution < -0.4 is 0 Å². The third-order valence-corrected chi connectivity index (χ3v) is 3.55. The quantitative estimate of drug-likeness (QED) is 0.834. The van der Waals surface area contributed by atoms with Crippen molar-refractivity contribution in [2.45, 2.75) is 52.5 Å². The van der Waals surface area contributed by atoms with Crippen LogP contribution in [0.5, 0.6) is 0 Å². The van der Waals surface area contributed by atoms with Crippen molar-refractivity contribution in [3.63, 3.8) is 0 Å². The van der Waals surface area contributed by atoms with Gasteiger partial charge in [-0.1, -0.05) is 32.9 Å². The Morgan fingerprint density at radius 1 is 1.35 bits per heavy atom. The zero-order valence-electron chi connectivity index (χ0n) is 11.5. The van der Waals surface area contributed by atoms with E-state index >= 15 is 0 Å². The van der Waals surface area contributed by atoms with E-state index in [1.807, 2.05) is 6.07 Å². The van der Waals surface area contributed by atoms with Gasteiger partial charge in [0, 0.05) is 0 Å². The fourth-order valence-electron chi connectivity index (χ4n) is 1.53. The highest BCUT2D eigenvalue weighted by Gasteiger charge is 2.15. The first kappa shape index (κ1) is 14.4. The summed E-state index contributed by atoms with van der Waals surface area (Å²) in [6, 6.07) is 7.34. The summed E-state index contributed by atoms with van der Waals surface area (Å²) in [6.45, 7) is 11.4. The van der Waals surface area contributed by atoms with Crippen LogP contribution in [0, 0.1) is 6.07 Å². The first-order valence-corrected chi connectivity index (χ1v) is 8.89. The molecule has 0 amide bonds. The normalized spacial score (nSPS) is 12.2. The lowest BCUT2D eigenvalue weighted by Gasteiger charge is -2.21. The molecule has 2 nitrogen and oxygen atoms in total. The molecule has 0 heterocycles. The van der Waals surface area contributed by atoms with Gasteiger partial charge in [-0.25, -0.2) is 0 Å². The number of rotatable bonds is 4. The molecular weight excluding hydrogens is 228 g/mol. The molecule has 3 heteroatoms. The van der Waals surface area contributed by atoms with Gasteiger partial charge in [0.2, 0.25) is 0 Å². The molecule has 0 saturated carbocycles. The van der Waals surface area contributed by atoms with E-state index in [0.717, 1.165) is 11.1 Å². The van der Waals surface area contributed by atoms with Gasteiger partial charge >= 0.3 is 0 Å². The van der Waals surface area contributed by atoms with Crippen LogP contribution in [0.25, 0.3) is 0 Å². The molecule has 0 aromatic heterocycles. The van der Waals surface area contributed by atoms with Crippen molar-refractivity contribution in [2.24, 2.45) is 0 Å². The van der Waals surface area contributed by atoms with E-state index in [4.69, 9.17) is 4.43 Å². The Bertz CT molecular complexity index is 367. The predicted molar refractivity (Wildman–Crippen MR) is 73.6 cm³/mol. The first-order chi connectivity index (χ1) is 7.84. The molecule has 1 radical (unpaired) electrons. The topological polar surface area (TPSA) is 29.5 Å². The van der Waals surface area contributed by atoms with Crippen molar-refractivity contribution < 1.29 is 9.53 Å². The number of benzene rings is 1. The molecule has 0 aliphatic heterocycles. The lowest BCUT2D eigenvalue weighted by Crippen LogP contribution is -2.13. The van der Waals surface area contributed by atoms with Gasteiger partial charge in [-0.3, -0.25) is 0 Å². The van der Waals surface area contributed by atoms with Gasteiger partial charge in [0.05, 0.1) is 13.2 Å². The van der Waals surface area contributed by atoms with Gasteiger partial charge < -0.3 is 9.53 Å². The van der Waals surface area contributed by atoms with Crippen molar-refractivity contribution in [3.05, 3.63) is 34.9 Å². The number of hydrogen-bond donors (Lipinski definition) is 1. The average Bonchev–Trinajstić information content (AvgIpc) is 2.24. The molecule has 1 aromatic carbocycles. The van der Waals surface area contributed by atoms with Crippen LogP contribution in [0.4, 0.5) is 0 Å². The molecule has 0 saturated heterocycles. The van der Waals surface area contributed by atoms with E-state index in [2.05, 4.69) is 46.0 Å². The third kappa shape index (κ3) is 4.26. The van der Waals surface area contributed by atoms with Crippen LogP contribution in [-0.4, -0.2) is 14.1 Å². The molecule has 0 spiro atoms. The highest BCUT2D eigenvalue weighted by atomic mass is 28.3. The number of aliphatic hydroxyl groups excluding tert-OH is 1. The standard InChI is InChI=1S/C14H23O2Si/c1-14(2,3)13-7-6-11(10-16-17(4)5)12(8-13)9-15/h7-8,15,17H,9-10H2,1-5H3. The zero-order chi connectivity index (χ0) is 13.1. The summed E-state index contributed by atoms with van der Waals surface area (Å²) in [5.74, 6) is 0.